The first-order chi connectivity index (χ1) is 4.55. The second kappa shape index (κ2) is 3.60. The zero-order valence-corrected chi connectivity index (χ0v) is 9.04. The third kappa shape index (κ3) is 1.60. The summed E-state index contributed by atoms with van der Waals surface area (Å²) in [5, 5.41) is 0. The van der Waals surface area contributed by atoms with Crippen molar-refractivity contribution in [2.24, 2.45) is 5.92 Å². The molecule has 0 nitrogen and oxygen atoms in total. The van der Waals surface area contributed by atoms with E-state index in [-0.39, 0.29) is 17.1 Å². The van der Waals surface area contributed by atoms with E-state index in [4.69, 9.17) is 0 Å². The molecule has 64 valence electrons. The van der Waals surface area contributed by atoms with E-state index in [9.17, 15) is 0 Å². The van der Waals surface area contributed by atoms with Crippen LogP contribution >= 0.6 is 0 Å². The maximum atomic E-state index is 2.28. The maximum Gasteiger partial charge on any atom is 0 e. The minimum Gasteiger partial charge on any atom is -0.0632 e. The van der Waals surface area contributed by atoms with E-state index >= 15 is 0 Å². The van der Waals surface area contributed by atoms with Crippen molar-refractivity contribution >= 4 is 0 Å². The van der Waals surface area contributed by atoms with Crippen LogP contribution in [-0.4, -0.2) is 0 Å². The summed E-state index contributed by atoms with van der Waals surface area (Å²) < 4.78 is 0. The Morgan fingerprint density at radius 3 is 1.18 bits per heavy atom. The number of hydrogen-bond donors (Lipinski definition) is 0. The first kappa shape index (κ1) is 11.0. The van der Waals surface area contributed by atoms with Gasteiger partial charge in [0.25, 0.3) is 0 Å². The molecule has 0 bridgehead atoms. The molecule has 0 radical (unpaired) electrons. The van der Waals surface area contributed by atoms with Gasteiger partial charge in [0.2, 0.25) is 0 Å². The van der Waals surface area contributed by atoms with Crippen LogP contribution in [0.4, 0.5) is 0 Å². The molecule has 0 saturated carbocycles. The topological polar surface area (TPSA) is 0 Å². The second-order valence-corrected chi connectivity index (χ2v) is 3.34. The van der Waals surface area contributed by atoms with Crippen molar-refractivity contribution < 1.29 is 17.1 Å². The maximum absolute atomic E-state index is 2.28. The van der Waals surface area contributed by atoms with Gasteiger partial charge in [0, 0.05) is 17.1 Å². The van der Waals surface area contributed by atoms with Crippen LogP contribution < -0.4 is 0 Å². The second-order valence-electron chi connectivity index (χ2n) is 3.34. The zero-order valence-electron chi connectivity index (χ0n) is 7.93. The van der Waals surface area contributed by atoms with Crippen molar-refractivity contribution in [1.29, 1.82) is 0 Å². The van der Waals surface area contributed by atoms with Crippen LogP contribution in [0.25, 0.3) is 0 Å². The Labute approximate surface area is 80.2 Å². The van der Waals surface area contributed by atoms with Crippen LogP contribution in [-0.2, 0) is 17.1 Å². The predicted molar refractivity (Wildman–Crippen MR) is 45.9 cm³/mol. The van der Waals surface area contributed by atoms with Gasteiger partial charge in [-0.3, -0.25) is 0 Å². The van der Waals surface area contributed by atoms with Crippen LogP contribution in [0.5, 0.6) is 0 Å². The molecule has 1 aliphatic carbocycles. The van der Waals surface area contributed by atoms with Crippen LogP contribution in [0.3, 0.4) is 0 Å². The molecule has 1 heteroatoms. The summed E-state index contributed by atoms with van der Waals surface area (Å²) in [6.45, 7) is 11.2. The average molecular weight is 192 g/mol. The third-order valence-corrected chi connectivity index (χ3v) is 3.04. The smallest absolute Gasteiger partial charge is 0 e. The van der Waals surface area contributed by atoms with E-state index in [2.05, 4.69) is 34.6 Å². The van der Waals surface area contributed by atoms with E-state index in [1.807, 2.05) is 0 Å². The Morgan fingerprint density at radius 2 is 1.09 bits per heavy atom. The van der Waals surface area contributed by atoms with Gasteiger partial charge in [0.05, 0.1) is 0 Å². The van der Waals surface area contributed by atoms with E-state index < -0.39 is 0 Å². The zero-order chi connectivity index (χ0) is 7.89. The molecule has 0 spiro atoms. The van der Waals surface area contributed by atoms with Gasteiger partial charge in [-0.25, -0.2) is 0 Å². The van der Waals surface area contributed by atoms with Gasteiger partial charge in [0.15, 0.2) is 0 Å². The predicted octanol–water partition coefficient (Wildman–Crippen LogP) is 3.31. The van der Waals surface area contributed by atoms with Crippen molar-refractivity contribution in [2.75, 3.05) is 0 Å². The summed E-state index contributed by atoms with van der Waals surface area (Å²) in [5.74, 6) is 0.694. The van der Waals surface area contributed by atoms with E-state index in [0.717, 1.165) is 0 Å². The summed E-state index contributed by atoms with van der Waals surface area (Å²) in [6, 6.07) is 0. The fraction of sp³-hybridized carbons (Fsp3) is 0.600. The first-order valence-corrected chi connectivity index (χ1v) is 3.90. The number of rotatable bonds is 0. The summed E-state index contributed by atoms with van der Waals surface area (Å²) in [7, 11) is 0. The molecule has 0 atom stereocenters. The third-order valence-electron chi connectivity index (χ3n) is 3.04. The normalized spacial score (nSPS) is 19.4. The molecule has 0 aliphatic heterocycles. The largest absolute Gasteiger partial charge is 0.0632 e. The fourth-order valence-corrected chi connectivity index (χ4v) is 1.57. The molecule has 0 aromatic carbocycles. The summed E-state index contributed by atoms with van der Waals surface area (Å²) in [4.78, 5) is 0. The summed E-state index contributed by atoms with van der Waals surface area (Å²) in [6.07, 6.45) is 0. The molecule has 11 heavy (non-hydrogen) atoms. The van der Waals surface area contributed by atoms with Gasteiger partial charge in [-0.1, -0.05) is 18.1 Å². The van der Waals surface area contributed by atoms with Crippen molar-refractivity contribution in [3.63, 3.8) is 0 Å². The Hall–Kier alpha value is -0.000519. The van der Waals surface area contributed by atoms with Gasteiger partial charge >= 0.3 is 0 Å². The summed E-state index contributed by atoms with van der Waals surface area (Å²) >= 11 is 0. The Bertz CT molecular complexity index is 197. The van der Waals surface area contributed by atoms with Gasteiger partial charge in [-0.2, -0.15) is 0 Å². The summed E-state index contributed by atoms with van der Waals surface area (Å²) in [5.41, 5.74) is 6.11. The van der Waals surface area contributed by atoms with Gasteiger partial charge in [0.1, 0.15) is 0 Å². The molecule has 0 saturated heterocycles. The Kier molecular flexibility index (Phi) is 3.60. The Balaban J connectivity index is 0.000001000. The first-order valence-electron chi connectivity index (χ1n) is 3.90. The molecule has 0 heterocycles. The van der Waals surface area contributed by atoms with Crippen LogP contribution in [0.15, 0.2) is 22.3 Å². The van der Waals surface area contributed by atoms with Gasteiger partial charge in [-0.15, -0.1) is 0 Å². The van der Waals surface area contributed by atoms with Crippen LogP contribution in [0, 0.1) is 5.92 Å². The van der Waals surface area contributed by atoms with Crippen molar-refractivity contribution in [3.8, 4) is 0 Å². The van der Waals surface area contributed by atoms with Crippen LogP contribution in [0.2, 0.25) is 0 Å². The van der Waals surface area contributed by atoms with Crippen molar-refractivity contribution in [2.45, 2.75) is 34.6 Å². The SMILES string of the molecule is CC1=C(C)C(C)C(C)=C1C.[Fe]. The van der Waals surface area contributed by atoms with Gasteiger partial charge in [-0.05, 0) is 44.8 Å². The molecule has 0 amide bonds. The quantitative estimate of drug-likeness (QED) is 0.516. The molecular weight excluding hydrogens is 176 g/mol. The standard InChI is InChI=1S/C10H16.Fe/c1-6-7(2)9(4)10(5)8(6)3;/h6H,1-5H3;. The fourth-order valence-electron chi connectivity index (χ4n) is 1.57. The molecule has 0 aromatic rings. The van der Waals surface area contributed by atoms with E-state index in [0.29, 0.717) is 5.92 Å². The van der Waals surface area contributed by atoms with E-state index in [1.165, 1.54) is 11.1 Å². The molecule has 0 N–H and O–H groups in total. The average Bonchev–Trinajstić information content (AvgIpc) is 2.07. The number of hydrogen-bond acceptors (Lipinski definition) is 0. The van der Waals surface area contributed by atoms with E-state index in [1.54, 1.807) is 11.1 Å². The minimum atomic E-state index is 0. The molecular formula is C10H16Fe. The van der Waals surface area contributed by atoms with Gasteiger partial charge < -0.3 is 0 Å². The molecule has 1 aliphatic rings. The molecule has 0 unspecified atom stereocenters. The Morgan fingerprint density at radius 1 is 0.818 bits per heavy atom. The minimum absolute atomic E-state index is 0. The van der Waals surface area contributed by atoms with Crippen molar-refractivity contribution in [3.05, 3.63) is 22.3 Å². The molecule has 0 aromatic heterocycles. The van der Waals surface area contributed by atoms with Crippen molar-refractivity contribution in [1.82, 2.24) is 0 Å². The molecule has 0 fully saturated rings. The number of allylic oxidation sites excluding steroid dienone is 4. The molecule has 1 rings (SSSR count). The van der Waals surface area contributed by atoms with Crippen LogP contribution in [0.1, 0.15) is 34.6 Å². The monoisotopic (exact) mass is 192 g/mol.